The van der Waals surface area contributed by atoms with Gasteiger partial charge in [0.05, 0.1) is 6.42 Å². The van der Waals surface area contributed by atoms with Gasteiger partial charge in [0, 0.05) is 25.4 Å². The van der Waals surface area contributed by atoms with Crippen molar-refractivity contribution >= 4 is 11.9 Å². The average Bonchev–Trinajstić information content (AvgIpc) is 2.38. The van der Waals surface area contributed by atoms with Crippen LogP contribution in [0.3, 0.4) is 0 Å². The van der Waals surface area contributed by atoms with Crippen molar-refractivity contribution in [3.05, 3.63) is 33.1 Å². The summed E-state index contributed by atoms with van der Waals surface area (Å²) in [5.41, 5.74) is -1.05. The Morgan fingerprint density at radius 2 is 2.05 bits per heavy atom. The summed E-state index contributed by atoms with van der Waals surface area (Å²) in [5.74, 6) is -1.48. The number of hydrogen-bond acceptors (Lipinski definition) is 4. The minimum Gasteiger partial charge on any atom is -0.481 e. The average molecular weight is 283 g/mol. The molecule has 1 aromatic rings. The van der Waals surface area contributed by atoms with Crippen LogP contribution in [0.25, 0.3) is 0 Å². The van der Waals surface area contributed by atoms with E-state index in [-0.39, 0.29) is 13.0 Å². The van der Waals surface area contributed by atoms with Crippen LogP contribution in [0.5, 0.6) is 0 Å². The normalized spacial score (nSPS) is 11.9. The van der Waals surface area contributed by atoms with Crippen molar-refractivity contribution in [3.8, 4) is 0 Å². The van der Waals surface area contributed by atoms with Crippen LogP contribution in [-0.4, -0.2) is 32.2 Å². The molecule has 0 aliphatic carbocycles. The van der Waals surface area contributed by atoms with Gasteiger partial charge in [0.1, 0.15) is 6.54 Å². The molecule has 1 rings (SSSR count). The van der Waals surface area contributed by atoms with Crippen molar-refractivity contribution in [2.24, 2.45) is 7.05 Å². The predicted molar refractivity (Wildman–Crippen MR) is 70.4 cm³/mol. The highest BCUT2D eigenvalue weighted by Crippen LogP contribution is 1.97. The molecule has 0 aromatic carbocycles. The number of carbonyl (C=O) groups excluding carboxylic acids is 1. The van der Waals surface area contributed by atoms with Crippen LogP contribution in [-0.2, 0) is 23.2 Å². The fourth-order valence-electron chi connectivity index (χ4n) is 1.67. The molecule has 0 radical (unpaired) electrons. The van der Waals surface area contributed by atoms with E-state index in [9.17, 15) is 19.2 Å². The fraction of sp³-hybridized carbons (Fsp3) is 0.500. The quantitative estimate of drug-likeness (QED) is 0.689. The van der Waals surface area contributed by atoms with E-state index in [0.717, 1.165) is 9.13 Å². The van der Waals surface area contributed by atoms with Gasteiger partial charge in [-0.2, -0.15) is 0 Å². The molecule has 2 N–H and O–H groups in total. The Kier molecular flexibility index (Phi) is 5.24. The van der Waals surface area contributed by atoms with Crippen LogP contribution in [0, 0.1) is 0 Å². The summed E-state index contributed by atoms with van der Waals surface area (Å²) < 4.78 is 1.98. The van der Waals surface area contributed by atoms with Gasteiger partial charge < -0.3 is 10.4 Å². The number of carboxylic acids is 1. The van der Waals surface area contributed by atoms with Gasteiger partial charge in [0.2, 0.25) is 5.91 Å². The van der Waals surface area contributed by atoms with Crippen molar-refractivity contribution in [1.82, 2.24) is 14.5 Å². The molecule has 1 atom stereocenters. The Bertz CT molecular complexity index is 616. The summed E-state index contributed by atoms with van der Waals surface area (Å²) in [5, 5.41) is 11.2. The highest BCUT2D eigenvalue weighted by molar-refractivity contribution is 5.77. The summed E-state index contributed by atoms with van der Waals surface area (Å²) in [4.78, 5) is 45.3. The van der Waals surface area contributed by atoms with Crippen molar-refractivity contribution in [2.75, 3.05) is 0 Å². The Morgan fingerprint density at radius 3 is 2.60 bits per heavy atom. The third-order valence-corrected chi connectivity index (χ3v) is 2.85. The van der Waals surface area contributed by atoms with E-state index in [0.29, 0.717) is 6.42 Å². The van der Waals surface area contributed by atoms with Crippen molar-refractivity contribution in [3.63, 3.8) is 0 Å². The number of carbonyl (C=O) groups is 2. The van der Waals surface area contributed by atoms with Gasteiger partial charge in [-0.25, -0.2) is 4.79 Å². The molecule has 8 nitrogen and oxygen atoms in total. The molecule has 1 heterocycles. The molecule has 8 heteroatoms. The molecular formula is C12H17N3O5. The molecule has 110 valence electrons. The van der Waals surface area contributed by atoms with Crippen LogP contribution in [0.2, 0.25) is 0 Å². The zero-order chi connectivity index (χ0) is 15.3. The molecule has 0 saturated carbocycles. The third kappa shape index (κ3) is 4.08. The van der Waals surface area contributed by atoms with Gasteiger partial charge >= 0.3 is 11.7 Å². The highest BCUT2D eigenvalue weighted by atomic mass is 16.4. The van der Waals surface area contributed by atoms with Crippen LogP contribution >= 0.6 is 0 Å². The molecule has 0 saturated heterocycles. The van der Waals surface area contributed by atoms with Gasteiger partial charge in [-0.15, -0.1) is 0 Å². The van der Waals surface area contributed by atoms with Gasteiger partial charge in [0.15, 0.2) is 0 Å². The largest absolute Gasteiger partial charge is 0.481 e. The standard InChI is InChI=1S/C12H17N3O5/c1-3-8(6-11(18)19)13-9(16)7-15-5-4-10(17)14(2)12(15)20/h4-5,8H,3,6-7H2,1-2H3,(H,13,16)(H,18,19). The fourth-order valence-corrected chi connectivity index (χ4v) is 1.67. The molecule has 0 aliphatic heterocycles. The maximum atomic E-state index is 11.8. The van der Waals surface area contributed by atoms with E-state index in [4.69, 9.17) is 5.11 Å². The van der Waals surface area contributed by atoms with E-state index in [2.05, 4.69) is 5.32 Å². The van der Waals surface area contributed by atoms with Crippen LogP contribution in [0.1, 0.15) is 19.8 Å². The van der Waals surface area contributed by atoms with Crippen molar-refractivity contribution < 1.29 is 14.7 Å². The SMILES string of the molecule is CCC(CC(=O)O)NC(=O)Cn1ccc(=O)n(C)c1=O. The lowest BCUT2D eigenvalue weighted by Crippen LogP contribution is -2.43. The van der Waals surface area contributed by atoms with E-state index in [1.54, 1.807) is 6.92 Å². The number of nitrogens with one attached hydrogen (secondary N) is 1. The molecule has 0 aliphatic rings. The summed E-state index contributed by atoms with van der Waals surface area (Å²) in [6.07, 6.45) is 1.53. The lowest BCUT2D eigenvalue weighted by Gasteiger charge is -2.15. The molecule has 1 aromatic heterocycles. The second-order valence-electron chi connectivity index (χ2n) is 4.39. The first-order valence-electron chi connectivity index (χ1n) is 6.12. The van der Waals surface area contributed by atoms with Crippen molar-refractivity contribution in [2.45, 2.75) is 32.4 Å². The number of hydrogen-bond donors (Lipinski definition) is 2. The Hall–Kier alpha value is -2.38. The van der Waals surface area contributed by atoms with Crippen LogP contribution < -0.4 is 16.6 Å². The molecule has 1 unspecified atom stereocenters. The first kappa shape index (κ1) is 15.7. The summed E-state index contributed by atoms with van der Waals surface area (Å²) in [6.45, 7) is 1.50. The summed E-state index contributed by atoms with van der Waals surface area (Å²) in [6, 6.07) is 0.701. The third-order valence-electron chi connectivity index (χ3n) is 2.85. The van der Waals surface area contributed by atoms with Crippen LogP contribution in [0.15, 0.2) is 21.9 Å². The van der Waals surface area contributed by atoms with E-state index < -0.39 is 29.2 Å². The molecule has 0 bridgehead atoms. The number of carboxylic acid groups (broad SMARTS) is 1. The van der Waals surface area contributed by atoms with E-state index >= 15 is 0 Å². The van der Waals surface area contributed by atoms with Crippen LogP contribution in [0.4, 0.5) is 0 Å². The number of rotatable bonds is 6. The minimum atomic E-state index is -1.00. The maximum Gasteiger partial charge on any atom is 0.331 e. The number of amides is 1. The maximum absolute atomic E-state index is 11.8. The van der Waals surface area contributed by atoms with Gasteiger partial charge in [-0.3, -0.25) is 23.5 Å². The number of aromatic nitrogens is 2. The Balaban J connectivity index is 2.76. The lowest BCUT2D eigenvalue weighted by atomic mass is 10.1. The zero-order valence-electron chi connectivity index (χ0n) is 11.3. The van der Waals surface area contributed by atoms with Gasteiger partial charge in [0.25, 0.3) is 5.56 Å². The minimum absolute atomic E-state index is 0.176. The smallest absolute Gasteiger partial charge is 0.331 e. The monoisotopic (exact) mass is 283 g/mol. The summed E-state index contributed by atoms with van der Waals surface area (Å²) in [7, 11) is 1.32. The van der Waals surface area contributed by atoms with E-state index in [1.807, 2.05) is 0 Å². The summed E-state index contributed by atoms with van der Waals surface area (Å²) >= 11 is 0. The highest BCUT2D eigenvalue weighted by Gasteiger charge is 2.14. The van der Waals surface area contributed by atoms with Gasteiger partial charge in [-0.05, 0) is 6.42 Å². The topological polar surface area (TPSA) is 110 Å². The molecular weight excluding hydrogens is 266 g/mol. The molecule has 20 heavy (non-hydrogen) atoms. The second kappa shape index (κ2) is 6.69. The first-order valence-corrected chi connectivity index (χ1v) is 6.12. The van der Waals surface area contributed by atoms with Gasteiger partial charge in [-0.1, -0.05) is 6.92 Å². The zero-order valence-corrected chi connectivity index (χ0v) is 11.3. The molecule has 0 spiro atoms. The first-order chi connectivity index (χ1) is 9.35. The van der Waals surface area contributed by atoms with E-state index in [1.165, 1.54) is 19.3 Å². The van der Waals surface area contributed by atoms with Crippen molar-refractivity contribution in [1.29, 1.82) is 0 Å². The second-order valence-corrected chi connectivity index (χ2v) is 4.39. The Labute approximate surface area is 114 Å². The lowest BCUT2D eigenvalue weighted by molar-refractivity contribution is -0.137. The predicted octanol–water partition coefficient (Wildman–Crippen LogP) is -1.08. The molecule has 0 fully saturated rings. The number of nitrogens with zero attached hydrogens (tertiary/aromatic N) is 2. The Morgan fingerprint density at radius 1 is 1.40 bits per heavy atom. The molecule has 1 amide bonds. The number of aliphatic carboxylic acids is 1.